The Labute approximate surface area is 151 Å². The van der Waals surface area contributed by atoms with Crippen LogP contribution in [-0.4, -0.2) is 47.7 Å². The SMILES string of the molecule is CCNC(=NCC1(O)CCCC1)NC1CCCC(C(=O)NC2CC2)C1. The molecular formula is C19H34N4O2. The summed E-state index contributed by atoms with van der Waals surface area (Å²) < 4.78 is 0. The molecule has 3 rings (SSSR count). The zero-order chi connectivity index (χ0) is 17.7. The Morgan fingerprint density at radius 3 is 2.52 bits per heavy atom. The zero-order valence-electron chi connectivity index (χ0n) is 15.5. The van der Waals surface area contributed by atoms with Crippen LogP contribution >= 0.6 is 0 Å². The smallest absolute Gasteiger partial charge is 0.223 e. The van der Waals surface area contributed by atoms with Crippen molar-refractivity contribution in [1.29, 1.82) is 0 Å². The van der Waals surface area contributed by atoms with Crippen LogP contribution in [0.15, 0.2) is 4.99 Å². The molecule has 0 saturated heterocycles. The molecule has 3 fully saturated rings. The Morgan fingerprint density at radius 1 is 1.08 bits per heavy atom. The third kappa shape index (κ3) is 5.59. The van der Waals surface area contributed by atoms with E-state index in [0.29, 0.717) is 12.6 Å². The lowest BCUT2D eigenvalue weighted by Crippen LogP contribution is -2.47. The van der Waals surface area contributed by atoms with Gasteiger partial charge in [0.1, 0.15) is 0 Å². The average Bonchev–Trinajstić information content (AvgIpc) is 3.31. The molecule has 2 atom stereocenters. The van der Waals surface area contributed by atoms with Crippen LogP contribution in [0.2, 0.25) is 0 Å². The molecule has 0 spiro atoms. The number of nitrogens with zero attached hydrogens (tertiary/aromatic N) is 1. The van der Waals surface area contributed by atoms with Crippen LogP contribution in [0.25, 0.3) is 0 Å². The van der Waals surface area contributed by atoms with Gasteiger partial charge in [0.2, 0.25) is 5.91 Å². The normalized spacial score (nSPS) is 29.3. The lowest BCUT2D eigenvalue weighted by molar-refractivity contribution is -0.126. The highest BCUT2D eigenvalue weighted by Crippen LogP contribution is 2.30. The lowest BCUT2D eigenvalue weighted by atomic mass is 9.85. The minimum Gasteiger partial charge on any atom is -0.388 e. The number of amides is 1. The molecule has 25 heavy (non-hydrogen) atoms. The quantitative estimate of drug-likeness (QED) is 0.434. The summed E-state index contributed by atoms with van der Waals surface area (Å²) in [6, 6.07) is 0.714. The van der Waals surface area contributed by atoms with Gasteiger partial charge in [0.25, 0.3) is 0 Å². The molecule has 6 heteroatoms. The van der Waals surface area contributed by atoms with Gasteiger partial charge >= 0.3 is 0 Å². The zero-order valence-corrected chi connectivity index (χ0v) is 15.5. The summed E-state index contributed by atoms with van der Waals surface area (Å²) in [5.74, 6) is 1.13. The van der Waals surface area contributed by atoms with Gasteiger partial charge in [-0.25, -0.2) is 0 Å². The van der Waals surface area contributed by atoms with Crippen LogP contribution in [0.4, 0.5) is 0 Å². The van der Waals surface area contributed by atoms with Crippen molar-refractivity contribution >= 4 is 11.9 Å². The van der Waals surface area contributed by atoms with Gasteiger partial charge in [-0.05, 0) is 51.9 Å². The topological polar surface area (TPSA) is 85.8 Å². The van der Waals surface area contributed by atoms with Crippen molar-refractivity contribution in [2.75, 3.05) is 13.1 Å². The van der Waals surface area contributed by atoms with Crippen LogP contribution in [0.3, 0.4) is 0 Å². The first-order chi connectivity index (χ1) is 12.1. The Morgan fingerprint density at radius 2 is 1.84 bits per heavy atom. The second-order valence-electron chi connectivity index (χ2n) is 8.11. The largest absolute Gasteiger partial charge is 0.388 e. The van der Waals surface area contributed by atoms with E-state index in [0.717, 1.165) is 76.7 Å². The summed E-state index contributed by atoms with van der Waals surface area (Å²) >= 11 is 0. The first-order valence-corrected chi connectivity index (χ1v) is 10.2. The standard InChI is InChI=1S/C19H34N4O2/c1-2-20-18(21-13-19(25)10-3-4-11-19)23-16-7-5-6-14(12-16)17(24)22-15-8-9-15/h14-16,25H,2-13H2,1H3,(H,22,24)(H2,20,21,23). The van der Waals surface area contributed by atoms with Crippen molar-refractivity contribution in [3.63, 3.8) is 0 Å². The summed E-state index contributed by atoms with van der Waals surface area (Å²) in [6.07, 6.45) is 10.2. The van der Waals surface area contributed by atoms with Crippen LogP contribution in [0.5, 0.6) is 0 Å². The van der Waals surface area contributed by atoms with E-state index >= 15 is 0 Å². The second kappa shape index (κ2) is 8.39. The first-order valence-electron chi connectivity index (χ1n) is 10.2. The molecular weight excluding hydrogens is 316 g/mol. The van der Waals surface area contributed by atoms with Crippen LogP contribution < -0.4 is 16.0 Å². The fourth-order valence-corrected chi connectivity index (χ4v) is 4.04. The van der Waals surface area contributed by atoms with E-state index in [4.69, 9.17) is 0 Å². The number of carbonyl (C=O) groups excluding carboxylic acids is 1. The molecule has 0 radical (unpaired) electrons. The van der Waals surface area contributed by atoms with Crippen LogP contribution in [0, 0.1) is 5.92 Å². The van der Waals surface area contributed by atoms with E-state index in [1.54, 1.807) is 0 Å². The third-order valence-corrected chi connectivity index (χ3v) is 5.72. The summed E-state index contributed by atoms with van der Waals surface area (Å²) in [6.45, 7) is 3.30. The molecule has 142 valence electrons. The predicted octanol–water partition coefficient (Wildman–Crippen LogP) is 1.68. The van der Waals surface area contributed by atoms with Crippen LogP contribution in [0.1, 0.15) is 71.1 Å². The molecule has 0 aromatic rings. The Hall–Kier alpha value is -1.30. The Bertz CT molecular complexity index is 484. The van der Waals surface area contributed by atoms with Gasteiger partial charge in [0.15, 0.2) is 5.96 Å². The predicted molar refractivity (Wildman–Crippen MR) is 99.4 cm³/mol. The van der Waals surface area contributed by atoms with Crippen molar-refractivity contribution in [2.24, 2.45) is 10.9 Å². The Balaban J connectivity index is 1.52. The molecule has 2 unspecified atom stereocenters. The number of guanidine groups is 1. The molecule has 3 aliphatic rings. The minimum absolute atomic E-state index is 0.119. The average molecular weight is 351 g/mol. The summed E-state index contributed by atoms with van der Waals surface area (Å²) in [5.41, 5.74) is -0.623. The maximum Gasteiger partial charge on any atom is 0.223 e. The monoisotopic (exact) mass is 350 g/mol. The molecule has 0 heterocycles. The molecule has 4 N–H and O–H groups in total. The number of hydrogen-bond acceptors (Lipinski definition) is 3. The van der Waals surface area contributed by atoms with Crippen LogP contribution in [-0.2, 0) is 4.79 Å². The van der Waals surface area contributed by atoms with Gasteiger partial charge in [-0.3, -0.25) is 9.79 Å². The highest BCUT2D eigenvalue weighted by molar-refractivity contribution is 5.81. The van der Waals surface area contributed by atoms with E-state index in [2.05, 4.69) is 20.9 Å². The molecule has 3 saturated carbocycles. The van der Waals surface area contributed by atoms with Crippen molar-refractivity contribution in [1.82, 2.24) is 16.0 Å². The number of hydrogen-bond donors (Lipinski definition) is 4. The highest BCUT2D eigenvalue weighted by atomic mass is 16.3. The van der Waals surface area contributed by atoms with E-state index in [9.17, 15) is 9.90 Å². The summed E-state index contributed by atoms with van der Waals surface area (Å²) in [4.78, 5) is 17.0. The fourth-order valence-electron chi connectivity index (χ4n) is 4.04. The van der Waals surface area contributed by atoms with Crippen molar-refractivity contribution in [3.8, 4) is 0 Å². The Kier molecular flexibility index (Phi) is 6.20. The molecule has 6 nitrogen and oxygen atoms in total. The van der Waals surface area contributed by atoms with Crippen molar-refractivity contribution < 1.29 is 9.90 Å². The highest BCUT2D eigenvalue weighted by Gasteiger charge is 2.32. The molecule has 3 aliphatic carbocycles. The number of aliphatic imine (C=N–C) groups is 1. The van der Waals surface area contributed by atoms with E-state index < -0.39 is 5.60 Å². The molecule has 1 amide bonds. The van der Waals surface area contributed by atoms with E-state index in [1.807, 2.05) is 6.92 Å². The number of rotatable bonds is 6. The first kappa shape index (κ1) is 18.5. The summed E-state index contributed by atoms with van der Waals surface area (Å²) in [7, 11) is 0. The summed E-state index contributed by atoms with van der Waals surface area (Å²) in [5, 5.41) is 20.4. The van der Waals surface area contributed by atoms with Gasteiger partial charge in [-0.1, -0.05) is 19.3 Å². The van der Waals surface area contributed by atoms with Crippen molar-refractivity contribution in [2.45, 2.75) is 88.8 Å². The number of aliphatic hydroxyl groups is 1. The second-order valence-corrected chi connectivity index (χ2v) is 8.11. The maximum absolute atomic E-state index is 12.3. The lowest BCUT2D eigenvalue weighted by Gasteiger charge is -2.30. The van der Waals surface area contributed by atoms with Gasteiger partial charge in [-0.2, -0.15) is 0 Å². The third-order valence-electron chi connectivity index (χ3n) is 5.72. The number of carbonyl (C=O) groups is 1. The molecule has 0 bridgehead atoms. The fraction of sp³-hybridized carbons (Fsp3) is 0.895. The van der Waals surface area contributed by atoms with Gasteiger partial charge < -0.3 is 21.1 Å². The molecule has 0 aliphatic heterocycles. The van der Waals surface area contributed by atoms with Gasteiger partial charge in [-0.15, -0.1) is 0 Å². The molecule has 0 aromatic heterocycles. The minimum atomic E-state index is -0.623. The maximum atomic E-state index is 12.3. The van der Waals surface area contributed by atoms with E-state index in [-0.39, 0.29) is 17.9 Å². The van der Waals surface area contributed by atoms with Gasteiger partial charge in [0, 0.05) is 24.5 Å². The molecule has 0 aromatic carbocycles. The van der Waals surface area contributed by atoms with Gasteiger partial charge in [0.05, 0.1) is 12.1 Å². The number of nitrogens with one attached hydrogen (secondary N) is 3. The van der Waals surface area contributed by atoms with Crippen molar-refractivity contribution in [3.05, 3.63) is 0 Å². The van der Waals surface area contributed by atoms with E-state index in [1.165, 1.54) is 0 Å².